The van der Waals surface area contributed by atoms with Gasteiger partial charge in [0.2, 0.25) is 0 Å². The number of nitrogens with one attached hydrogen (secondary N) is 1. The van der Waals surface area contributed by atoms with Crippen LogP contribution in [0.2, 0.25) is 0 Å². The van der Waals surface area contributed by atoms with Gasteiger partial charge in [-0.2, -0.15) is 0 Å². The third-order valence-electron chi connectivity index (χ3n) is 4.71. The van der Waals surface area contributed by atoms with E-state index in [0.29, 0.717) is 18.2 Å². The van der Waals surface area contributed by atoms with E-state index in [2.05, 4.69) is 26.1 Å². The van der Waals surface area contributed by atoms with E-state index >= 15 is 0 Å². The highest BCUT2D eigenvalue weighted by molar-refractivity contribution is 4.84. The molecule has 0 spiro atoms. The first-order valence-corrected chi connectivity index (χ1v) is 8.08. The van der Waals surface area contributed by atoms with Crippen LogP contribution >= 0.6 is 0 Å². The lowest BCUT2D eigenvalue weighted by Gasteiger charge is -2.37. The highest BCUT2D eigenvalue weighted by Gasteiger charge is 2.28. The normalized spacial score (nSPS) is 41.8. The van der Waals surface area contributed by atoms with E-state index in [0.717, 1.165) is 12.0 Å². The quantitative estimate of drug-likeness (QED) is 0.820. The fraction of sp³-hybridized carbons (Fsp3) is 1.00. The molecule has 2 heteroatoms. The summed E-state index contributed by atoms with van der Waals surface area (Å²) in [6, 6.07) is 1.47. The lowest BCUT2D eigenvalue weighted by Crippen LogP contribution is -2.46. The number of hydrogen-bond donors (Lipinski definition) is 1. The highest BCUT2D eigenvalue weighted by Crippen LogP contribution is 2.29. The maximum atomic E-state index is 5.81. The molecule has 0 radical (unpaired) electrons. The van der Waals surface area contributed by atoms with Crippen LogP contribution in [0.1, 0.15) is 72.1 Å². The lowest BCUT2D eigenvalue weighted by atomic mass is 9.83. The van der Waals surface area contributed by atoms with E-state index in [-0.39, 0.29) is 0 Å². The molecular weight excluding hydrogens is 222 g/mol. The molecular formula is C16H31NO. The van der Waals surface area contributed by atoms with Crippen molar-refractivity contribution in [3.05, 3.63) is 0 Å². The van der Waals surface area contributed by atoms with Gasteiger partial charge in [-0.15, -0.1) is 0 Å². The monoisotopic (exact) mass is 253 g/mol. The molecule has 2 aliphatic rings. The van der Waals surface area contributed by atoms with Crippen LogP contribution in [-0.2, 0) is 4.74 Å². The van der Waals surface area contributed by atoms with Crippen LogP contribution in [0.4, 0.5) is 0 Å². The summed E-state index contributed by atoms with van der Waals surface area (Å²) in [6.45, 7) is 6.74. The third kappa shape index (κ3) is 4.24. The maximum Gasteiger partial charge on any atom is 0.0565 e. The van der Waals surface area contributed by atoms with Crippen molar-refractivity contribution in [1.82, 2.24) is 5.32 Å². The Morgan fingerprint density at radius 1 is 0.944 bits per heavy atom. The van der Waals surface area contributed by atoms with E-state index < -0.39 is 0 Å². The van der Waals surface area contributed by atoms with Crippen molar-refractivity contribution in [2.24, 2.45) is 5.92 Å². The highest BCUT2D eigenvalue weighted by atomic mass is 16.5. The van der Waals surface area contributed by atoms with Gasteiger partial charge >= 0.3 is 0 Å². The molecule has 2 rings (SSSR count). The summed E-state index contributed by atoms with van der Waals surface area (Å²) in [5.41, 5.74) is 0. The van der Waals surface area contributed by atoms with Gasteiger partial charge in [-0.3, -0.25) is 0 Å². The smallest absolute Gasteiger partial charge is 0.0565 e. The minimum atomic E-state index is 0.433. The molecule has 18 heavy (non-hydrogen) atoms. The Morgan fingerprint density at radius 3 is 2.11 bits per heavy atom. The SMILES string of the molecule is CCCC1CCC(NC2CC(C)OC(C)C2)CC1. The van der Waals surface area contributed by atoms with Gasteiger partial charge in [-0.1, -0.05) is 19.8 Å². The number of rotatable bonds is 4. The summed E-state index contributed by atoms with van der Waals surface area (Å²) >= 11 is 0. The van der Waals surface area contributed by atoms with Gasteiger partial charge in [0, 0.05) is 12.1 Å². The Hall–Kier alpha value is -0.0800. The molecule has 0 amide bonds. The van der Waals surface area contributed by atoms with Gasteiger partial charge in [0.05, 0.1) is 12.2 Å². The van der Waals surface area contributed by atoms with Crippen LogP contribution in [0, 0.1) is 5.92 Å². The zero-order chi connectivity index (χ0) is 13.0. The Morgan fingerprint density at radius 2 is 1.56 bits per heavy atom. The summed E-state index contributed by atoms with van der Waals surface area (Å²) in [5, 5.41) is 3.90. The average molecular weight is 253 g/mol. The second-order valence-corrected chi connectivity index (χ2v) is 6.60. The van der Waals surface area contributed by atoms with Crippen LogP contribution in [0.3, 0.4) is 0 Å². The molecule has 1 N–H and O–H groups in total. The molecule has 1 aliphatic carbocycles. The molecule has 2 nitrogen and oxygen atoms in total. The lowest BCUT2D eigenvalue weighted by molar-refractivity contribution is -0.0443. The first kappa shape index (κ1) is 14.3. The van der Waals surface area contributed by atoms with Crippen molar-refractivity contribution < 1.29 is 4.74 Å². The van der Waals surface area contributed by atoms with E-state index in [9.17, 15) is 0 Å². The van der Waals surface area contributed by atoms with Crippen LogP contribution < -0.4 is 5.32 Å². The Bertz CT molecular complexity index is 225. The van der Waals surface area contributed by atoms with Crippen molar-refractivity contribution in [2.75, 3.05) is 0 Å². The second-order valence-electron chi connectivity index (χ2n) is 6.60. The van der Waals surface area contributed by atoms with Gasteiger partial charge < -0.3 is 10.1 Å². The Kier molecular flexibility index (Phi) is 5.50. The van der Waals surface area contributed by atoms with Crippen molar-refractivity contribution in [3.63, 3.8) is 0 Å². The van der Waals surface area contributed by atoms with Crippen LogP contribution in [0.25, 0.3) is 0 Å². The van der Waals surface area contributed by atoms with Gasteiger partial charge in [0.25, 0.3) is 0 Å². The molecule has 2 unspecified atom stereocenters. The molecule has 1 heterocycles. The van der Waals surface area contributed by atoms with Crippen LogP contribution in [-0.4, -0.2) is 24.3 Å². The molecule has 1 saturated carbocycles. The van der Waals surface area contributed by atoms with Crippen molar-refractivity contribution in [3.8, 4) is 0 Å². The zero-order valence-electron chi connectivity index (χ0n) is 12.5. The fourth-order valence-corrected chi connectivity index (χ4v) is 3.90. The summed E-state index contributed by atoms with van der Waals surface area (Å²) in [7, 11) is 0. The van der Waals surface area contributed by atoms with Crippen molar-refractivity contribution in [2.45, 2.75) is 96.4 Å². The van der Waals surface area contributed by atoms with Gasteiger partial charge in [0.15, 0.2) is 0 Å². The molecule has 1 aliphatic heterocycles. The molecule has 2 atom stereocenters. The predicted molar refractivity (Wildman–Crippen MR) is 76.8 cm³/mol. The maximum absolute atomic E-state index is 5.81. The van der Waals surface area contributed by atoms with E-state index in [1.807, 2.05) is 0 Å². The first-order chi connectivity index (χ1) is 8.67. The zero-order valence-corrected chi connectivity index (χ0v) is 12.5. The third-order valence-corrected chi connectivity index (χ3v) is 4.71. The molecule has 106 valence electrons. The topological polar surface area (TPSA) is 21.3 Å². The first-order valence-electron chi connectivity index (χ1n) is 8.08. The van der Waals surface area contributed by atoms with Gasteiger partial charge in [-0.05, 0) is 58.3 Å². The molecule has 0 aromatic heterocycles. The van der Waals surface area contributed by atoms with Crippen molar-refractivity contribution >= 4 is 0 Å². The van der Waals surface area contributed by atoms with E-state index in [4.69, 9.17) is 4.74 Å². The Labute approximate surface area is 113 Å². The average Bonchev–Trinajstić information content (AvgIpc) is 2.31. The standard InChI is InChI=1S/C16H31NO/c1-4-5-14-6-8-15(9-7-14)17-16-10-12(2)18-13(3)11-16/h12-17H,4-11H2,1-3H3. The molecule has 2 fully saturated rings. The summed E-state index contributed by atoms with van der Waals surface area (Å²) in [4.78, 5) is 0. The molecule has 0 aromatic carbocycles. The Balaban J connectivity index is 1.71. The largest absolute Gasteiger partial charge is 0.375 e. The second kappa shape index (κ2) is 6.91. The number of ether oxygens (including phenoxy) is 1. The molecule has 1 saturated heterocycles. The molecule has 0 aromatic rings. The minimum absolute atomic E-state index is 0.433. The molecule has 0 bridgehead atoms. The van der Waals surface area contributed by atoms with Crippen LogP contribution in [0.5, 0.6) is 0 Å². The van der Waals surface area contributed by atoms with Gasteiger partial charge in [-0.25, -0.2) is 0 Å². The van der Waals surface area contributed by atoms with Gasteiger partial charge in [0.1, 0.15) is 0 Å². The summed E-state index contributed by atoms with van der Waals surface area (Å²) in [5.74, 6) is 1.01. The van der Waals surface area contributed by atoms with E-state index in [1.54, 1.807) is 0 Å². The minimum Gasteiger partial charge on any atom is -0.375 e. The van der Waals surface area contributed by atoms with E-state index in [1.165, 1.54) is 51.4 Å². The number of hydrogen-bond acceptors (Lipinski definition) is 2. The summed E-state index contributed by atoms with van der Waals surface area (Å²) < 4.78 is 5.81. The van der Waals surface area contributed by atoms with Crippen LogP contribution in [0.15, 0.2) is 0 Å². The summed E-state index contributed by atoms with van der Waals surface area (Å²) in [6.07, 6.45) is 11.7. The fourth-order valence-electron chi connectivity index (χ4n) is 3.90. The van der Waals surface area contributed by atoms with Crippen molar-refractivity contribution in [1.29, 1.82) is 0 Å². The predicted octanol–water partition coefficient (Wildman–Crippen LogP) is 3.89.